The molecule has 0 unspecified atom stereocenters. The van der Waals surface area contributed by atoms with Crippen molar-refractivity contribution in [2.75, 3.05) is 4.90 Å². The first kappa shape index (κ1) is 40.3. The second kappa shape index (κ2) is 16.7. The lowest BCUT2D eigenvalue weighted by molar-refractivity contribution is 0.669. The largest absolute Gasteiger partial charge is 0.456 e. The van der Waals surface area contributed by atoms with Crippen LogP contribution in [0.3, 0.4) is 0 Å². The Bertz CT molecular complexity index is 3780. The van der Waals surface area contributed by atoms with Crippen LogP contribution < -0.4 is 4.90 Å². The van der Waals surface area contributed by atoms with E-state index in [1.54, 1.807) is 0 Å². The first-order valence-electron chi connectivity index (χ1n) is 23.7. The quantitative estimate of drug-likeness (QED) is 0.144. The normalized spacial score (nSPS) is 12.5. The van der Waals surface area contributed by atoms with Gasteiger partial charge >= 0.3 is 0 Å². The summed E-state index contributed by atoms with van der Waals surface area (Å²) in [4.78, 5) is 2.43. The standard InChI is InChI=1S/C67H45NO/c1-4-19-46(20-5-1)47-37-39-48(40-38-47)55-27-11-14-34-62(55)68(53-43-41-49(42-44-53)56-31-18-36-64-66(56)59-29-12-15-35-63(59)69-64)54-26-16-21-50(45-54)57-30-17-33-61-65(57)58-28-10-13-32-60(58)67(61,51-22-6-2-7-23-51)52-24-8-3-9-25-52/h1-45H. The number of hydrogen-bond acceptors (Lipinski definition) is 2. The number of para-hydroxylation sites is 2. The van der Waals surface area contributed by atoms with Crippen LogP contribution >= 0.6 is 0 Å². The average molecular weight is 880 g/mol. The zero-order valence-electron chi connectivity index (χ0n) is 37.8. The van der Waals surface area contributed by atoms with Gasteiger partial charge in [0, 0.05) is 27.7 Å². The molecule has 0 atom stereocenters. The maximum atomic E-state index is 6.32. The molecule has 69 heavy (non-hydrogen) atoms. The second-order valence-electron chi connectivity index (χ2n) is 17.9. The van der Waals surface area contributed by atoms with Crippen molar-refractivity contribution >= 4 is 39.0 Å². The molecule has 0 amide bonds. The van der Waals surface area contributed by atoms with Crippen molar-refractivity contribution in [3.05, 3.63) is 295 Å². The Morgan fingerprint density at radius 3 is 1.58 bits per heavy atom. The average Bonchev–Trinajstić information content (AvgIpc) is 3.97. The molecular weight excluding hydrogens is 835 g/mol. The zero-order valence-corrected chi connectivity index (χ0v) is 37.8. The topological polar surface area (TPSA) is 16.4 Å². The van der Waals surface area contributed by atoms with Gasteiger partial charge in [0.15, 0.2) is 0 Å². The smallest absolute Gasteiger partial charge is 0.136 e. The Morgan fingerprint density at radius 1 is 0.304 bits per heavy atom. The van der Waals surface area contributed by atoms with Crippen LogP contribution in [0, 0.1) is 0 Å². The Morgan fingerprint density at radius 2 is 0.812 bits per heavy atom. The van der Waals surface area contributed by atoms with Gasteiger partial charge in [-0.05, 0) is 115 Å². The lowest BCUT2D eigenvalue weighted by Gasteiger charge is -2.34. The lowest BCUT2D eigenvalue weighted by atomic mass is 9.67. The van der Waals surface area contributed by atoms with Gasteiger partial charge in [0.1, 0.15) is 11.2 Å². The summed E-state index contributed by atoms with van der Waals surface area (Å²) in [6.45, 7) is 0. The van der Waals surface area contributed by atoms with E-state index in [0.29, 0.717) is 0 Å². The summed E-state index contributed by atoms with van der Waals surface area (Å²) < 4.78 is 6.32. The van der Waals surface area contributed by atoms with Crippen LogP contribution in [-0.2, 0) is 5.41 Å². The molecule has 1 aliphatic carbocycles. The van der Waals surface area contributed by atoms with Crippen molar-refractivity contribution in [3.63, 3.8) is 0 Å². The molecular formula is C67H45NO. The van der Waals surface area contributed by atoms with E-state index in [4.69, 9.17) is 4.42 Å². The lowest BCUT2D eigenvalue weighted by Crippen LogP contribution is -2.28. The Hall–Kier alpha value is -8.98. The Labute approximate surface area is 402 Å². The van der Waals surface area contributed by atoms with Crippen LogP contribution in [0.25, 0.3) is 77.6 Å². The van der Waals surface area contributed by atoms with Gasteiger partial charge in [-0.3, -0.25) is 0 Å². The predicted octanol–water partition coefficient (Wildman–Crippen LogP) is 18.1. The molecule has 1 aromatic heterocycles. The molecule has 13 rings (SSSR count). The minimum Gasteiger partial charge on any atom is -0.456 e. The fraction of sp³-hybridized carbons (Fsp3) is 0.0149. The van der Waals surface area contributed by atoms with E-state index in [0.717, 1.165) is 66.8 Å². The third-order valence-corrected chi connectivity index (χ3v) is 14.2. The molecule has 0 aliphatic heterocycles. The Balaban J connectivity index is 0.988. The number of anilines is 3. The van der Waals surface area contributed by atoms with E-state index >= 15 is 0 Å². The molecule has 2 nitrogen and oxygen atoms in total. The summed E-state index contributed by atoms with van der Waals surface area (Å²) in [6, 6.07) is 99.2. The van der Waals surface area contributed by atoms with Gasteiger partial charge in [0.25, 0.3) is 0 Å². The summed E-state index contributed by atoms with van der Waals surface area (Å²) in [6.07, 6.45) is 0. The number of furan rings is 1. The first-order chi connectivity index (χ1) is 34.2. The molecule has 324 valence electrons. The summed E-state index contributed by atoms with van der Waals surface area (Å²) in [7, 11) is 0. The summed E-state index contributed by atoms with van der Waals surface area (Å²) in [5, 5.41) is 2.26. The van der Waals surface area contributed by atoms with Crippen LogP contribution in [0.5, 0.6) is 0 Å². The van der Waals surface area contributed by atoms with E-state index in [1.807, 2.05) is 12.1 Å². The maximum absolute atomic E-state index is 6.32. The van der Waals surface area contributed by atoms with E-state index in [-0.39, 0.29) is 0 Å². The van der Waals surface area contributed by atoms with Gasteiger partial charge in [-0.1, -0.05) is 231 Å². The third-order valence-electron chi connectivity index (χ3n) is 14.2. The molecule has 11 aromatic carbocycles. The fourth-order valence-electron chi connectivity index (χ4n) is 11.2. The summed E-state index contributed by atoms with van der Waals surface area (Å²) >= 11 is 0. The van der Waals surface area contributed by atoms with Crippen molar-refractivity contribution in [2.24, 2.45) is 0 Å². The highest BCUT2D eigenvalue weighted by Gasteiger charge is 2.46. The highest BCUT2D eigenvalue weighted by molar-refractivity contribution is 6.12. The number of fused-ring (bicyclic) bond motifs is 6. The van der Waals surface area contributed by atoms with Crippen molar-refractivity contribution in [1.29, 1.82) is 0 Å². The third kappa shape index (κ3) is 6.64. The van der Waals surface area contributed by atoms with Crippen LogP contribution in [0.2, 0.25) is 0 Å². The monoisotopic (exact) mass is 879 g/mol. The molecule has 2 heteroatoms. The van der Waals surface area contributed by atoms with E-state index in [2.05, 4.69) is 266 Å². The van der Waals surface area contributed by atoms with Crippen molar-refractivity contribution in [1.82, 2.24) is 0 Å². The SMILES string of the molecule is c1ccc(-c2ccc(-c3ccccc3N(c3ccc(-c4cccc5oc6ccccc6c45)cc3)c3cccc(-c4cccc5c4-c4ccccc4C5(c4ccccc4)c4ccccc4)c3)cc2)cc1. The molecule has 1 aliphatic rings. The zero-order chi connectivity index (χ0) is 45.7. The molecule has 0 fully saturated rings. The maximum Gasteiger partial charge on any atom is 0.136 e. The molecule has 0 N–H and O–H groups in total. The van der Waals surface area contributed by atoms with Crippen molar-refractivity contribution in [2.45, 2.75) is 5.41 Å². The summed E-state index contributed by atoms with van der Waals surface area (Å²) in [5.74, 6) is 0. The minimum atomic E-state index is -0.488. The molecule has 0 bridgehead atoms. The van der Waals surface area contributed by atoms with E-state index < -0.39 is 5.41 Å². The first-order valence-corrected chi connectivity index (χ1v) is 23.7. The Kier molecular flexibility index (Phi) is 9.77. The van der Waals surface area contributed by atoms with Gasteiger partial charge < -0.3 is 9.32 Å². The number of rotatable bonds is 9. The molecule has 0 spiro atoms. The molecule has 0 saturated heterocycles. The molecule has 1 heterocycles. The highest BCUT2D eigenvalue weighted by atomic mass is 16.3. The molecule has 12 aromatic rings. The molecule has 0 saturated carbocycles. The van der Waals surface area contributed by atoms with Crippen LogP contribution in [-0.4, -0.2) is 0 Å². The van der Waals surface area contributed by atoms with Crippen LogP contribution in [0.1, 0.15) is 22.3 Å². The number of hydrogen-bond donors (Lipinski definition) is 0. The van der Waals surface area contributed by atoms with Gasteiger partial charge in [-0.2, -0.15) is 0 Å². The number of benzene rings is 11. The highest BCUT2D eigenvalue weighted by Crippen LogP contribution is 2.58. The van der Waals surface area contributed by atoms with E-state index in [9.17, 15) is 0 Å². The van der Waals surface area contributed by atoms with Gasteiger partial charge in [-0.25, -0.2) is 0 Å². The second-order valence-corrected chi connectivity index (χ2v) is 17.9. The van der Waals surface area contributed by atoms with Crippen LogP contribution in [0.15, 0.2) is 277 Å². The summed E-state index contributed by atoms with van der Waals surface area (Å²) in [5.41, 5.74) is 21.5. The van der Waals surface area contributed by atoms with Crippen molar-refractivity contribution < 1.29 is 4.42 Å². The minimum absolute atomic E-state index is 0.488. The van der Waals surface area contributed by atoms with E-state index in [1.165, 1.54) is 50.1 Å². The predicted molar refractivity (Wildman–Crippen MR) is 287 cm³/mol. The fourth-order valence-corrected chi connectivity index (χ4v) is 11.2. The van der Waals surface area contributed by atoms with Crippen molar-refractivity contribution in [3.8, 4) is 55.6 Å². The van der Waals surface area contributed by atoms with Gasteiger partial charge in [-0.15, -0.1) is 0 Å². The van der Waals surface area contributed by atoms with Gasteiger partial charge in [0.05, 0.1) is 11.1 Å². The van der Waals surface area contributed by atoms with Gasteiger partial charge in [0.2, 0.25) is 0 Å². The molecule has 0 radical (unpaired) electrons. The van der Waals surface area contributed by atoms with Crippen LogP contribution in [0.4, 0.5) is 17.1 Å². The number of nitrogens with zero attached hydrogens (tertiary/aromatic N) is 1.